The number of para-hydroxylation sites is 1. The van der Waals surface area contributed by atoms with Crippen molar-refractivity contribution >= 4 is 40.7 Å². The normalized spacial score (nSPS) is 25.3. The summed E-state index contributed by atoms with van der Waals surface area (Å²) in [6.07, 6.45) is 3.85. The van der Waals surface area contributed by atoms with Gasteiger partial charge in [-0.25, -0.2) is 4.90 Å². The molecule has 8 heteroatoms. The molecular formula is C26H25N3O5. The summed E-state index contributed by atoms with van der Waals surface area (Å²) in [6, 6.07) is 10.5. The van der Waals surface area contributed by atoms with Gasteiger partial charge in [0.15, 0.2) is 5.78 Å². The number of fused-ring (bicyclic) bond motifs is 5. The van der Waals surface area contributed by atoms with Gasteiger partial charge in [0.25, 0.3) is 5.69 Å². The molecule has 3 aliphatic rings. The lowest BCUT2D eigenvalue weighted by atomic mass is 9.79. The molecule has 2 saturated heterocycles. The van der Waals surface area contributed by atoms with Crippen molar-refractivity contribution in [2.75, 3.05) is 9.80 Å². The van der Waals surface area contributed by atoms with Gasteiger partial charge in [-0.3, -0.25) is 24.5 Å². The molecule has 0 saturated carbocycles. The van der Waals surface area contributed by atoms with Crippen LogP contribution in [0.4, 0.5) is 17.1 Å². The SMILES string of the molecule is Cc1cc([N+](=O)[O-])ccc1N1C(=O)[C@@H]2[C@H](C1=O)[C@H](C(=O)C(C)(C)C)N1c3ccccc3C=C[C@H]21. The number of imide groups is 1. The quantitative estimate of drug-likeness (QED) is 0.392. The number of Topliss-reactive ketones (excluding diaryl/α,β-unsaturated/α-hetero) is 1. The first-order valence-electron chi connectivity index (χ1n) is 11.2. The topological polar surface area (TPSA) is 101 Å². The van der Waals surface area contributed by atoms with Crippen molar-refractivity contribution in [3.05, 3.63) is 69.8 Å². The minimum atomic E-state index is -0.838. The number of non-ortho nitro benzene ring substituents is 1. The van der Waals surface area contributed by atoms with Crippen molar-refractivity contribution in [2.45, 2.75) is 39.8 Å². The predicted octanol–water partition coefficient (Wildman–Crippen LogP) is 3.91. The molecule has 2 amide bonds. The van der Waals surface area contributed by atoms with Gasteiger partial charge in [-0.1, -0.05) is 51.1 Å². The van der Waals surface area contributed by atoms with Crippen LogP contribution in [0.15, 0.2) is 48.5 Å². The van der Waals surface area contributed by atoms with Gasteiger partial charge in [0, 0.05) is 23.2 Å². The smallest absolute Gasteiger partial charge is 0.269 e. The van der Waals surface area contributed by atoms with Crippen molar-refractivity contribution in [1.82, 2.24) is 0 Å². The molecule has 0 radical (unpaired) electrons. The Morgan fingerprint density at radius 3 is 2.32 bits per heavy atom. The van der Waals surface area contributed by atoms with E-state index in [-0.39, 0.29) is 17.4 Å². The van der Waals surface area contributed by atoms with Crippen LogP contribution in [0.3, 0.4) is 0 Å². The molecule has 0 aromatic heterocycles. The van der Waals surface area contributed by atoms with Crippen molar-refractivity contribution in [1.29, 1.82) is 0 Å². The molecule has 3 aliphatic heterocycles. The monoisotopic (exact) mass is 459 g/mol. The molecule has 0 aliphatic carbocycles. The second-order valence-corrected chi connectivity index (χ2v) is 10.2. The molecule has 5 rings (SSSR count). The van der Waals surface area contributed by atoms with E-state index in [4.69, 9.17) is 0 Å². The van der Waals surface area contributed by atoms with Gasteiger partial charge in [-0.2, -0.15) is 0 Å². The van der Waals surface area contributed by atoms with E-state index >= 15 is 0 Å². The van der Waals surface area contributed by atoms with Gasteiger partial charge < -0.3 is 4.90 Å². The number of ketones is 1. The Hall–Kier alpha value is -3.81. The third-order valence-electron chi connectivity index (χ3n) is 7.05. The average molecular weight is 460 g/mol. The standard InChI is InChI=1S/C26H25N3O5/c1-14-13-16(29(33)34)10-12-17(14)28-24(31)20-19-11-9-15-7-5-6-8-18(15)27(19)22(21(20)25(28)32)23(30)26(2,3)4/h5-13,19-22H,1-4H3/t19-,20+,21+,22-/m1/s1. The Bertz CT molecular complexity index is 1290. The van der Waals surface area contributed by atoms with Crippen LogP contribution in [0.25, 0.3) is 6.08 Å². The van der Waals surface area contributed by atoms with E-state index in [1.807, 2.05) is 62.1 Å². The lowest BCUT2D eigenvalue weighted by molar-refractivity contribution is -0.384. The molecule has 34 heavy (non-hydrogen) atoms. The Labute approximate surface area is 197 Å². The molecule has 8 nitrogen and oxygen atoms in total. The summed E-state index contributed by atoms with van der Waals surface area (Å²) in [6.45, 7) is 7.10. The number of amides is 2. The molecule has 0 spiro atoms. The zero-order valence-corrected chi connectivity index (χ0v) is 19.4. The zero-order valence-electron chi connectivity index (χ0n) is 19.4. The Balaban J connectivity index is 1.64. The second-order valence-electron chi connectivity index (χ2n) is 10.2. The number of carbonyl (C=O) groups excluding carboxylic acids is 3. The lowest BCUT2D eigenvalue weighted by Crippen LogP contribution is -2.51. The highest BCUT2D eigenvalue weighted by Gasteiger charge is 2.65. The van der Waals surface area contributed by atoms with Crippen LogP contribution in [0.5, 0.6) is 0 Å². The molecule has 2 aromatic rings. The molecule has 0 bridgehead atoms. The summed E-state index contributed by atoms with van der Waals surface area (Å²) in [5.74, 6) is -2.47. The molecule has 0 unspecified atom stereocenters. The Morgan fingerprint density at radius 1 is 1.00 bits per heavy atom. The second kappa shape index (κ2) is 7.35. The Kier molecular flexibility index (Phi) is 4.76. The van der Waals surface area contributed by atoms with Crippen molar-refractivity contribution in [3.63, 3.8) is 0 Å². The number of anilines is 2. The number of nitrogens with zero attached hydrogens (tertiary/aromatic N) is 3. The van der Waals surface area contributed by atoms with E-state index in [0.717, 1.165) is 16.2 Å². The summed E-state index contributed by atoms with van der Waals surface area (Å²) in [7, 11) is 0. The van der Waals surface area contributed by atoms with Crippen molar-refractivity contribution < 1.29 is 19.3 Å². The zero-order chi connectivity index (χ0) is 24.5. The number of benzene rings is 2. The highest BCUT2D eigenvalue weighted by atomic mass is 16.6. The summed E-state index contributed by atoms with van der Waals surface area (Å²) in [5.41, 5.74) is 1.72. The largest absolute Gasteiger partial charge is 0.353 e. The maximum Gasteiger partial charge on any atom is 0.269 e. The number of nitro groups is 1. The van der Waals surface area contributed by atoms with E-state index in [0.29, 0.717) is 11.3 Å². The van der Waals surface area contributed by atoms with Crippen LogP contribution in [0.2, 0.25) is 0 Å². The maximum absolute atomic E-state index is 13.8. The third kappa shape index (κ3) is 3.01. The van der Waals surface area contributed by atoms with E-state index < -0.39 is 40.2 Å². The van der Waals surface area contributed by atoms with Crippen molar-refractivity contribution in [3.8, 4) is 0 Å². The predicted molar refractivity (Wildman–Crippen MR) is 127 cm³/mol. The molecule has 174 valence electrons. The number of rotatable bonds is 3. The molecule has 2 aromatic carbocycles. The van der Waals surface area contributed by atoms with Gasteiger partial charge in [0.2, 0.25) is 11.8 Å². The van der Waals surface area contributed by atoms with Gasteiger partial charge >= 0.3 is 0 Å². The van der Waals surface area contributed by atoms with E-state index in [2.05, 4.69) is 0 Å². The molecule has 3 heterocycles. The molecule has 0 N–H and O–H groups in total. The first-order valence-corrected chi connectivity index (χ1v) is 11.2. The first-order chi connectivity index (χ1) is 16.0. The summed E-state index contributed by atoms with van der Waals surface area (Å²) >= 11 is 0. The van der Waals surface area contributed by atoms with Crippen LogP contribution in [-0.2, 0) is 14.4 Å². The van der Waals surface area contributed by atoms with Crippen LogP contribution in [-0.4, -0.2) is 34.6 Å². The summed E-state index contributed by atoms with van der Waals surface area (Å²) < 4.78 is 0. The molecule has 2 fully saturated rings. The van der Waals surface area contributed by atoms with Gasteiger partial charge in [0.05, 0.1) is 28.5 Å². The van der Waals surface area contributed by atoms with Gasteiger partial charge in [-0.15, -0.1) is 0 Å². The fourth-order valence-electron chi connectivity index (χ4n) is 5.50. The van der Waals surface area contributed by atoms with E-state index in [1.165, 1.54) is 18.2 Å². The fourth-order valence-corrected chi connectivity index (χ4v) is 5.50. The lowest BCUT2D eigenvalue weighted by Gasteiger charge is -2.38. The first kappa shape index (κ1) is 22.0. The summed E-state index contributed by atoms with van der Waals surface area (Å²) in [4.78, 5) is 55.0. The number of aryl methyl sites for hydroxylation is 1. The highest BCUT2D eigenvalue weighted by molar-refractivity contribution is 6.25. The van der Waals surface area contributed by atoms with Crippen molar-refractivity contribution in [2.24, 2.45) is 17.3 Å². The molecular weight excluding hydrogens is 434 g/mol. The minimum Gasteiger partial charge on any atom is -0.353 e. The highest BCUT2D eigenvalue weighted by Crippen LogP contribution is 2.50. The molecule has 4 atom stereocenters. The number of carbonyl (C=O) groups is 3. The van der Waals surface area contributed by atoms with Crippen LogP contribution in [0, 0.1) is 34.3 Å². The minimum absolute atomic E-state index is 0.0986. The number of nitro benzene ring substituents is 1. The third-order valence-corrected chi connectivity index (χ3v) is 7.05. The van der Waals surface area contributed by atoms with E-state index in [9.17, 15) is 24.5 Å². The van der Waals surface area contributed by atoms with E-state index in [1.54, 1.807) is 6.92 Å². The average Bonchev–Trinajstić information content (AvgIpc) is 3.25. The van der Waals surface area contributed by atoms with Crippen LogP contribution in [0.1, 0.15) is 31.9 Å². The summed E-state index contributed by atoms with van der Waals surface area (Å²) in [5, 5.41) is 11.2. The fraction of sp³-hybridized carbons (Fsp3) is 0.346. The number of hydrogen-bond donors (Lipinski definition) is 0. The number of hydrogen-bond acceptors (Lipinski definition) is 6. The van der Waals surface area contributed by atoms with Crippen LogP contribution >= 0.6 is 0 Å². The van der Waals surface area contributed by atoms with Gasteiger partial charge in [-0.05, 0) is 30.2 Å². The maximum atomic E-state index is 13.8. The van der Waals surface area contributed by atoms with Gasteiger partial charge in [0.1, 0.15) is 6.04 Å². The Morgan fingerprint density at radius 2 is 1.68 bits per heavy atom. The van der Waals surface area contributed by atoms with Crippen LogP contribution < -0.4 is 9.80 Å².